The van der Waals surface area contributed by atoms with Crippen molar-refractivity contribution in [2.45, 2.75) is 44.3 Å². The van der Waals surface area contributed by atoms with Crippen LogP contribution in [-0.4, -0.2) is 72.4 Å². The lowest BCUT2D eigenvalue weighted by atomic mass is 9.76. The van der Waals surface area contributed by atoms with Gasteiger partial charge in [-0.25, -0.2) is 0 Å². The molecule has 1 spiro atoms. The SMILES string of the molecule is O=C(c1ccccc1)N1CCC2(CC1)CO[C@H](CN1CCC[C@H](O)C1)C2. The minimum Gasteiger partial charge on any atom is -0.392 e. The molecule has 5 nitrogen and oxygen atoms in total. The molecule has 0 aromatic heterocycles. The maximum Gasteiger partial charge on any atom is 0.253 e. The quantitative estimate of drug-likeness (QED) is 0.900. The third kappa shape index (κ3) is 3.95. The van der Waals surface area contributed by atoms with Gasteiger partial charge in [0.15, 0.2) is 0 Å². The third-order valence-corrected chi connectivity index (χ3v) is 6.36. The fourth-order valence-electron chi connectivity index (χ4n) is 4.79. The number of carbonyl (C=O) groups excluding carboxylic acids is 1. The zero-order chi connectivity index (χ0) is 18.0. The normalized spacial score (nSPS) is 29.2. The molecule has 3 heterocycles. The van der Waals surface area contributed by atoms with E-state index >= 15 is 0 Å². The Labute approximate surface area is 155 Å². The molecule has 4 rings (SSSR count). The molecule has 3 fully saturated rings. The summed E-state index contributed by atoms with van der Waals surface area (Å²) in [5.41, 5.74) is 1.03. The zero-order valence-electron chi connectivity index (χ0n) is 15.5. The van der Waals surface area contributed by atoms with Crippen LogP contribution in [0.4, 0.5) is 0 Å². The van der Waals surface area contributed by atoms with Crippen LogP contribution in [0, 0.1) is 5.41 Å². The lowest BCUT2D eigenvalue weighted by molar-refractivity contribution is 0.0227. The molecule has 142 valence electrons. The van der Waals surface area contributed by atoms with E-state index < -0.39 is 0 Å². The number of hydrogen-bond acceptors (Lipinski definition) is 4. The zero-order valence-corrected chi connectivity index (χ0v) is 15.5. The highest BCUT2D eigenvalue weighted by molar-refractivity contribution is 5.94. The number of aliphatic hydroxyl groups excluding tert-OH is 1. The highest BCUT2D eigenvalue weighted by atomic mass is 16.5. The minimum atomic E-state index is -0.175. The number of amides is 1. The average Bonchev–Trinajstić information content (AvgIpc) is 3.04. The van der Waals surface area contributed by atoms with E-state index in [1.165, 1.54) is 0 Å². The van der Waals surface area contributed by atoms with Crippen molar-refractivity contribution in [3.8, 4) is 0 Å². The molecule has 0 bridgehead atoms. The molecule has 1 aromatic carbocycles. The molecule has 26 heavy (non-hydrogen) atoms. The predicted molar refractivity (Wildman–Crippen MR) is 100 cm³/mol. The molecule has 1 aromatic rings. The van der Waals surface area contributed by atoms with Crippen molar-refractivity contribution in [1.29, 1.82) is 0 Å². The number of aliphatic hydroxyl groups is 1. The third-order valence-electron chi connectivity index (χ3n) is 6.36. The summed E-state index contributed by atoms with van der Waals surface area (Å²) in [6.07, 6.45) is 5.26. The second-order valence-corrected chi connectivity index (χ2v) is 8.35. The molecule has 1 N–H and O–H groups in total. The van der Waals surface area contributed by atoms with E-state index in [1.54, 1.807) is 0 Å². The van der Waals surface area contributed by atoms with Crippen LogP contribution in [0.1, 0.15) is 42.5 Å². The number of carbonyl (C=O) groups is 1. The van der Waals surface area contributed by atoms with Crippen LogP contribution in [0.3, 0.4) is 0 Å². The topological polar surface area (TPSA) is 53.0 Å². The summed E-state index contributed by atoms with van der Waals surface area (Å²) in [5, 5.41) is 9.85. The van der Waals surface area contributed by atoms with Gasteiger partial charge in [0.25, 0.3) is 5.91 Å². The van der Waals surface area contributed by atoms with Gasteiger partial charge in [0.1, 0.15) is 0 Å². The molecule has 3 aliphatic heterocycles. The number of benzene rings is 1. The van der Waals surface area contributed by atoms with Gasteiger partial charge in [-0.05, 0) is 56.2 Å². The van der Waals surface area contributed by atoms with Crippen LogP contribution in [0.25, 0.3) is 0 Å². The van der Waals surface area contributed by atoms with Gasteiger partial charge < -0.3 is 14.7 Å². The van der Waals surface area contributed by atoms with E-state index in [-0.39, 0.29) is 23.5 Å². The Balaban J connectivity index is 1.28. The number of piperidine rings is 2. The first-order chi connectivity index (χ1) is 12.6. The van der Waals surface area contributed by atoms with Crippen molar-refractivity contribution >= 4 is 5.91 Å². The molecular weight excluding hydrogens is 328 g/mol. The molecule has 3 saturated heterocycles. The Hall–Kier alpha value is -1.43. The molecule has 5 heteroatoms. The fraction of sp³-hybridized carbons (Fsp3) is 0.667. The Morgan fingerprint density at radius 3 is 2.69 bits per heavy atom. The van der Waals surface area contributed by atoms with Gasteiger partial charge >= 0.3 is 0 Å². The van der Waals surface area contributed by atoms with Crippen LogP contribution in [0.5, 0.6) is 0 Å². The molecule has 0 radical (unpaired) electrons. The lowest BCUT2D eigenvalue weighted by Crippen LogP contribution is -2.44. The van der Waals surface area contributed by atoms with Crippen LogP contribution >= 0.6 is 0 Å². The highest BCUT2D eigenvalue weighted by Crippen LogP contribution is 2.42. The fourth-order valence-corrected chi connectivity index (χ4v) is 4.79. The standard InChI is InChI=1S/C21H30N2O3/c24-18-7-4-10-22(14-18)15-19-13-21(16-26-19)8-11-23(12-9-21)20(25)17-5-2-1-3-6-17/h1-3,5-6,18-19,24H,4,7-16H2/t18-,19-/m0/s1. The number of rotatable bonds is 3. The van der Waals surface area contributed by atoms with E-state index in [9.17, 15) is 9.90 Å². The van der Waals surface area contributed by atoms with Gasteiger partial charge in [0.05, 0.1) is 18.8 Å². The van der Waals surface area contributed by atoms with Crippen LogP contribution in [0.15, 0.2) is 30.3 Å². The second kappa shape index (κ2) is 7.67. The maximum absolute atomic E-state index is 12.6. The highest BCUT2D eigenvalue weighted by Gasteiger charge is 2.43. The Morgan fingerprint density at radius 2 is 1.96 bits per heavy atom. The minimum absolute atomic E-state index is 0.151. The molecule has 2 atom stereocenters. The monoisotopic (exact) mass is 358 g/mol. The van der Waals surface area contributed by atoms with Crippen molar-refractivity contribution in [2.75, 3.05) is 39.3 Å². The summed E-state index contributed by atoms with van der Waals surface area (Å²) in [7, 11) is 0. The molecule has 1 amide bonds. The van der Waals surface area contributed by atoms with Gasteiger partial charge in [-0.2, -0.15) is 0 Å². The average molecular weight is 358 g/mol. The molecule has 0 unspecified atom stereocenters. The number of ether oxygens (including phenoxy) is 1. The van der Waals surface area contributed by atoms with E-state index in [2.05, 4.69) is 4.90 Å². The first-order valence-corrected chi connectivity index (χ1v) is 10.00. The van der Waals surface area contributed by atoms with Crippen LogP contribution in [0.2, 0.25) is 0 Å². The van der Waals surface area contributed by atoms with Gasteiger partial charge in [-0.1, -0.05) is 18.2 Å². The van der Waals surface area contributed by atoms with Crippen molar-refractivity contribution in [2.24, 2.45) is 5.41 Å². The van der Waals surface area contributed by atoms with Crippen molar-refractivity contribution in [3.63, 3.8) is 0 Å². The number of hydrogen-bond donors (Lipinski definition) is 1. The summed E-state index contributed by atoms with van der Waals surface area (Å²) in [4.78, 5) is 17.0. The maximum atomic E-state index is 12.6. The van der Waals surface area contributed by atoms with E-state index in [0.29, 0.717) is 0 Å². The summed E-state index contributed by atoms with van der Waals surface area (Å²) in [6, 6.07) is 9.58. The van der Waals surface area contributed by atoms with Gasteiger partial charge in [-0.15, -0.1) is 0 Å². The first kappa shape index (κ1) is 18.0. The van der Waals surface area contributed by atoms with E-state index in [4.69, 9.17) is 4.74 Å². The van der Waals surface area contributed by atoms with Gasteiger partial charge in [0.2, 0.25) is 0 Å². The molecule has 0 saturated carbocycles. The second-order valence-electron chi connectivity index (χ2n) is 8.35. The summed E-state index contributed by atoms with van der Waals surface area (Å²) >= 11 is 0. The first-order valence-electron chi connectivity index (χ1n) is 10.00. The summed E-state index contributed by atoms with van der Waals surface area (Å²) < 4.78 is 6.14. The summed E-state index contributed by atoms with van der Waals surface area (Å²) in [6.45, 7) is 5.26. The largest absolute Gasteiger partial charge is 0.392 e. The Morgan fingerprint density at radius 1 is 1.19 bits per heavy atom. The van der Waals surface area contributed by atoms with E-state index in [1.807, 2.05) is 35.2 Å². The van der Waals surface area contributed by atoms with Crippen molar-refractivity contribution in [1.82, 2.24) is 9.80 Å². The van der Waals surface area contributed by atoms with Crippen molar-refractivity contribution in [3.05, 3.63) is 35.9 Å². The molecular formula is C21H30N2O3. The lowest BCUT2D eigenvalue weighted by Gasteiger charge is -2.38. The van der Waals surface area contributed by atoms with Crippen LogP contribution < -0.4 is 0 Å². The smallest absolute Gasteiger partial charge is 0.253 e. The van der Waals surface area contributed by atoms with Gasteiger partial charge in [0, 0.05) is 31.7 Å². The number of nitrogens with zero attached hydrogens (tertiary/aromatic N) is 2. The van der Waals surface area contributed by atoms with Crippen LogP contribution in [-0.2, 0) is 4.74 Å². The predicted octanol–water partition coefficient (Wildman–Crippen LogP) is 2.15. The summed E-state index contributed by atoms with van der Waals surface area (Å²) in [5.74, 6) is 0.151. The number of likely N-dealkylation sites (tertiary alicyclic amines) is 2. The Bertz CT molecular complexity index is 613. The van der Waals surface area contributed by atoms with Crippen molar-refractivity contribution < 1.29 is 14.6 Å². The van der Waals surface area contributed by atoms with Gasteiger partial charge in [-0.3, -0.25) is 9.69 Å². The molecule has 3 aliphatic rings. The molecule has 0 aliphatic carbocycles. The van der Waals surface area contributed by atoms with E-state index in [0.717, 1.165) is 77.0 Å². The Kier molecular flexibility index (Phi) is 5.30. The number of β-amino-alcohol motifs (C(OH)–C–C–N with tert-alkyl or cyclic N) is 1.